The zero-order chi connectivity index (χ0) is 17.1. The van der Waals surface area contributed by atoms with Gasteiger partial charge in [-0.1, -0.05) is 26.0 Å². The molecule has 5 heteroatoms. The standard InChI is InChI=1S/C19H21N3O2/c1-12(2)10-18(23)20-16-11-13(8-9-17(16)24-3)19-21-14-6-4-5-7-15(14)22-19/h4-9,11-12H,10H2,1-3H3,(H,20,23)(H,21,22). The molecule has 0 aliphatic heterocycles. The first-order valence-electron chi connectivity index (χ1n) is 8.00. The van der Waals surface area contributed by atoms with Crippen molar-refractivity contribution in [3.8, 4) is 17.1 Å². The van der Waals surface area contributed by atoms with Gasteiger partial charge >= 0.3 is 0 Å². The van der Waals surface area contributed by atoms with E-state index in [2.05, 4.69) is 15.3 Å². The fraction of sp³-hybridized carbons (Fsp3) is 0.263. The van der Waals surface area contributed by atoms with E-state index in [0.29, 0.717) is 23.8 Å². The lowest BCUT2D eigenvalue weighted by Gasteiger charge is -2.12. The van der Waals surface area contributed by atoms with Crippen molar-refractivity contribution in [2.75, 3.05) is 12.4 Å². The number of para-hydroxylation sites is 2. The van der Waals surface area contributed by atoms with E-state index < -0.39 is 0 Å². The number of rotatable bonds is 5. The summed E-state index contributed by atoms with van der Waals surface area (Å²) < 4.78 is 5.36. The van der Waals surface area contributed by atoms with E-state index in [0.717, 1.165) is 22.4 Å². The lowest BCUT2D eigenvalue weighted by molar-refractivity contribution is -0.116. The third kappa shape index (κ3) is 3.40. The van der Waals surface area contributed by atoms with Crippen LogP contribution in [0, 0.1) is 5.92 Å². The van der Waals surface area contributed by atoms with E-state index >= 15 is 0 Å². The fourth-order valence-corrected chi connectivity index (χ4v) is 2.61. The van der Waals surface area contributed by atoms with Gasteiger partial charge in [0.25, 0.3) is 0 Å². The van der Waals surface area contributed by atoms with Crippen molar-refractivity contribution < 1.29 is 9.53 Å². The Labute approximate surface area is 141 Å². The van der Waals surface area contributed by atoms with E-state index in [1.165, 1.54) is 0 Å². The van der Waals surface area contributed by atoms with E-state index in [-0.39, 0.29) is 5.91 Å². The number of aromatic amines is 1. The first kappa shape index (κ1) is 16.1. The van der Waals surface area contributed by atoms with Gasteiger partial charge in [0.2, 0.25) is 5.91 Å². The van der Waals surface area contributed by atoms with Crippen molar-refractivity contribution in [3.63, 3.8) is 0 Å². The molecule has 0 aliphatic carbocycles. The van der Waals surface area contributed by atoms with Crippen molar-refractivity contribution in [1.82, 2.24) is 9.97 Å². The maximum Gasteiger partial charge on any atom is 0.224 e. The number of hydrogen-bond donors (Lipinski definition) is 2. The van der Waals surface area contributed by atoms with Gasteiger partial charge < -0.3 is 15.0 Å². The molecule has 3 rings (SSSR count). The molecule has 0 saturated heterocycles. The van der Waals surface area contributed by atoms with Crippen molar-refractivity contribution in [2.24, 2.45) is 5.92 Å². The van der Waals surface area contributed by atoms with Crippen LogP contribution in [-0.2, 0) is 4.79 Å². The van der Waals surface area contributed by atoms with Crippen LogP contribution in [0.2, 0.25) is 0 Å². The maximum atomic E-state index is 12.1. The van der Waals surface area contributed by atoms with E-state index in [1.807, 2.05) is 56.3 Å². The Morgan fingerprint density at radius 3 is 2.75 bits per heavy atom. The summed E-state index contributed by atoms with van der Waals surface area (Å²) >= 11 is 0. The summed E-state index contributed by atoms with van der Waals surface area (Å²) in [7, 11) is 1.59. The Morgan fingerprint density at radius 2 is 2.04 bits per heavy atom. The summed E-state index contributed by atoms with van der Waals surface area (Å²) in [5.74, 6) is 1.67. The molecule has 3 aromatic rings. The summed E-state index contributed by atoms with van der Waals surface area (Å²) in [6.45, 7) is 4.03. The maximum absolute atomic E-state index is 12.1. The number of fused-ring (bicyclic) bond motifs is 1. The van der Waals surface area contributed by atoms with Gasteiger partial charge in [-0.25, -0.2) is 4.98 Å². The molecular weight excluding hydrogens is 302 g/mol. The number of nitrogens with zero attached hydrogens (tertiary/aromatic N) is 1. The average Bonchev–Trinajstić information content (AvgIpc) is 2.98. The van der Waals surface area contributed by atoms with Gasteiger partial charge in [0.15, 0.2) is 0 Å². The predicted molar refractivity (Wildman–Crippen MR) is 96.2 cm³/mol. The number of hydrogen-bond acceptors (Lipinski definition) is 3. The molecule has 0 unspecified atom stereocenters. The van der Waals surface area contributed by atoms with Crippen molar-refractivity contribution in [1.29, 1.82) is 0 Å². The second kappa shape index (κ2) is 6.74. The Kier molecular flexibility index (Phi) is 4.51. The van der Waals surface area contributed by atoms with Crippen molar-refractivity contribution in [2.45, 2.75) is 20.3 Å². The minimum Gasteiger partial charge on any atom is -0.495 e. The number of methoxy groups -OCH3 is 1. The lowest BCUT2D eigenvalue weighted by Crippen LogP contribution is -2.14. The number of carbonyl (C=O) groups excluding carboxylic acids is 1. The van der Waals surface area contributed by atoms with Gasteiger partial charge in [-0.05, 0) is 36.2 Å². The molecule has 0 atom stereocenters. The molecule has 1 amide bonds. The first-order chi connectivity index (χ1) is 11.6. The molecule has 0 aliphatic rings. The molecule has 0 fully saturated rings. The van der Waals surface area contributed by atoms with Crippen LogP contribution >= 0.6 is 0 Å². The number of anilines is 1. The molecule has 5 nitrogen and oxygen atoms in total. The highest BCUT2D eigenvalue weighted by Gasteiger charge is 2.12. The third-order valence-electron chi connectivity index (χ3n) is 3.73. The second-order valence-electron chi connectivity index (χ2n) is 6.16. The number of H-pyrrole nitrogens is 1. The minimum atomic E-state index is -0.0231. The van der Waals surface area contributed by atoms with Gasteiger partial charge in [0, 0.05) is 12.0 Å². The van der Waals surface area contributed by atoms with Crippen LogP contribution in [0.4, 0.5) is 5.69 Å². The van der Waals surface area contributed by atoms with Crippen LogP contribution in [0.3, 0.4) is 0 Å². The number of ether oxygens (including phenoxy) is 1. The molecule has 2 N–H and O–H groups in total. The number of nitrogens with one attached hydrogen (secondary N) is 2. The number of benzene rings is 2. The smallest absolute Gasteiger partial charge is 0.224 e. The molecule has 1 heterocycles. The fourth-order valence-electron chi connectivity index (χ4n) is 2.61. The zero-order valence-electron chi connectivity index (χ0n) is 14.1. The van der Waals surface area contributed by atoms with Crippen LogP contribution < -0.4 is 10.1 Å². The Bertz CT molecular complexity index is 835. The van der Waals surface area contributed by atoms with Crippen molar-refractivity contribution in [3.05, 3.63) is 42.5 Å². The Hall–Kier alpha value is -2.82. The number of aromatic nitrogens is 2. The molecule has 24 heavy (non-hydrogen) atoms. The van der Waals surface area contributed by atoms with Crippen molar-refractivity contribution >= 4 is 22.6 Å². The summed E-state index contributed by atoms with van der Waals surface area (Å²) in [5.41, 5.74) is 3.44. The highest BCUT2D eigenvalue weighted by Crippen LogP contribution is 2.30. The first-order valence-corrected chi connectivity index (χ1v) is 8.00. The molecule has 0 bridgehead atoms. The lowest BCUT2D eigenvalue weighted by atomic mass is 10.1. The summed E-state index contributed by atoms with van der Waals surface area (Å²) in [6, 6.07) is 13.5. The van der Waals surface area contributed by atoms with Gasteiger partial charge in [-0.3, -0.25) is 4.79 Å². The largest absolute Gasteiger partial charge is 0.495 e. The molecular formula is C19H21N3O2. The summed E-state index contributed by atoms with van der Waals surface area (Å²) in [6.07, 6.45) is 0.470. The Morgan fingerprint density at radius 1 is 1.25 bits per heavy atom. The predicted octanol–water partition coefficient (Wildman–Crippen LogP) is 4.22. The zero-order valence-corrected chi connectivity index (χ0v) is 14.1. The van der Waals surface area contributed by atoms with Crippen LogP contribution in [0.5, 0.6) is 5.75 Å². The number of carbonyl (C=O) groups is 1. The van der Waals surface area contributed by atoms with Crippen LogP contribution in [0.25, 0.3) is 22.4 Å². The van der Waals surface area contributed by atoms with Gasteiger partial charge in [-0.2, -0.15) is 0 Å². The van der Waals surface area contributed by atoms with Gasteiger partial charge in [0.1, 0.15) is 11.6 Å². The highest BCUT2D eigenvalue weighted by molar-refractivity contribution is 5.93. The quantitative estimate of drug-likeness (QED) is 0.738. The number of imidazole rings is 1. The van der Waals surface area contributed by atoms with Crippen LogP contribution in [0.1, 0.15) is 20.3 Å². The normalized spacial score (nSPS) is 11.0. The minimum absolute atomic E-state index is 0.0231. The van der Waals surface area contributed by atoms with E-state index in [1.54, 1.807) is 7.11 Å². The average molecular weight is 323 g/mol. The SMILES string of the molecule is COc1ccc(-c2nc3ccccc3[nH]2)cc1NC(=O)CC(C)C. The molecule has 2 aromatic carbocycles. The monoisotopic (exact) mass is 323 g/mol. The molecule has 0 radical (unpaired) electrons. The van der Waals surface area contributed by atoms with Gasteiger partial charge in [0.05, 0.1) is 23.8 Å². The van der Waals surface area contributed by atoms with Gasteiger partial charge in [-0.15, -0.1) is 0 Å². The molecule has 0 spiro atoms. The molecule has 1 aromatic heterocycles. The highest BCUT2D eigenvalue weighted by atomic mass is 16.5. The molecule has 124 valence electrons. The third-order valence-corrected chi connectivity index (χ3v) is 3.73. The topological polar surface area (TPSA) is 67.0 Å². The second-order valence-corrected chi connectivity index (χ2v) is 6.16. The van der Waals surface area contributed by atoms with Crippen LogP contribution in [-0.4, -0.2) is 23.0 Å². The summed E-state index contributed by atoms with van der Waals surface area (Å²) in [5, 5.41) is 2.93. The van der Waals surface area contributed by atoms with Crippen LogP contribution in [0.15, 0.2) is 42.5 Å². The van der Waals surface area contributed by atoms with E-state index in [4.69, 9.17) is 4.74 Å². The Balaban J connectivity index is 1.94. The van der Waals surface area contributed by atoms with E-state index in [9.17, 15) is 4.79 Å². The molecule has 0 saturated carbocycles. The summed E-state index contributed by atoms with van der Waals surface area (Å²) in [4.78, 5) is 20.0. The number of amides is 1.